The minimum absolute atomic E-state index is 0.544. The highest BCUT2D eigenvalue weighted by atomic mass is 16.5. The van der Waals surface area contributed by atoms with Crippen molar-refractivity contribution in [1.29, 1.82) is 0 Å². The Labute approximate surface area is 155 Å². The monoisotopic (exact) mass is 349 g/mol. The number of H-pyrrole nitrogens is 1. The van der Waals surface area contributed by atoms with E-state index in [1.807, 2.05) is 42.5 Å². The molecule has 0 unspecified atom stereocenters. The Hall–Kier alpha value is -3.66. The van der Waals surface area contributed by atoms with Gasteiger partial charge in [-0.1, -0.05) is 42.0 Å². The number of benzene rings is 3. The highest BCUT2D eigenvalue weighted by Crippen LogP contribution is 2.48. The third-order valence-corrected chi connectivity index (χ3v) is 5.09. The predicted octanol–water partition coefficient (Wildman–Crippen LogP) is 5.86. The minimum Gasteiger partial charge on any atom is -0.436 e. The molecule has 1 aliphatic rings. The Balaban J connectivity index is 1.81. The van der Waals surface area contributed by atoms with E-state index < -0.39 is 0 Å². The van der Waals surface area contributed by atoms with Gasteiger partial charge in [-0.05, 0) is 37.3 Å². The van der Waals surface area contributed by atoms with Crippen molar-refractivity contribution < 1.29 is 4.74 Å². The molecule has 6 rings (SSSR count). The molecule has 3 aromatic carbocycles. The molecule has 0 radical (unpaired) electrons. The van der Waals surface area contributed by atoms with Crippen LogP contribution in [-0.4, -0.2) is 15.0 Å². The molecule has 0 aliphatic carbocycles. The zero-order valence-electron chi connectivity index (χ0n) is 14.7. The van der Waals surface area contributed by atoms with Crippen molar-refractivity contribution >= 4 is 21.9 Å². The van der Waals surface area contributed by atoms with Gasteiger partial charge in [0.05, 0.1) is 16.7 Å². The summed E-state index contributed by atoms with van der Waals surface area (Å²) in [5.74, 6) is 1.33. The number of nitrogens with one attached hydrogen (secondary N) is 1. The highest BCUT2D eigenvalue weighted by Gasteiger charge is 2.27. The van der Waals surface area contributed by atoms with Gasteiger partial charge in [0.1, 0.15) is 11.4 Å². The topological polar surface area (TPSA) is 50.8 Å². The number of para-hydroxylation sites is 3. The van der Waals surface area contributed by atoms with Crippen LogP contribution in [0.1, 0.15) is 5.56 Å². The molecule has 0 amide bonds. The zero-order chi connectivity index (χ0) is 18.0. The van der Waals surface area contributed by atoms with E-state index in [1.165, 1.54) is 5.56 Å². The van der Waals surface area contributed by atoms with Crippen molar-refractivity contribution in [3.63, 3.8) is 0 Å². The van der Waals surface area contributed by atoms with Crippen molar-refractivity contribution in [2.24, 2.45) is 0 Å². The standard InChI is InChI=1S/C23H15N3O/c1-13-10-11-19-15(12-13)21-20(14-6-2-3-7-16(14)24-21)22-23(27-19)26-18-9-5-4-8-17(18)25-22/h2-12,24H,1H3. The fourth-order valence-corrected chi connectivity index (χ4v) is 3.84. The highest BCUT2D eigenvalue weighted by molar-refractivity contribution is 6.06. The Morgan fingerprint density at radius 2 is 1.63 bits per heavy atom. The van der Waals surface area contributed by atoms with Crippen LogP contribution in [-0.2, 0) is 0 Å². The SMILES string of the molecule is Cc1ccc2c(c1)-c1[nH]c3ccccc3c1-c1nc3ccccc3nc1O2. The lowest BCUT2D eigenvalue weighted by Crippen LogP contribution is -1.94. The molecule has 0 saturated heterocycles. The van der Waals surface area contributed by atoms with Crippen molar-refractivity contribution in [2.45, 2.75) is 6.92 Å². The van der Waals surface area contributed by atoms with Crippen LogP contribution in [0, 0.1) is 6.92 Å². The maximum Gasteiger partial charge on any atom is 0.246 e. The van der Waals surface area contributed by atoms with Gasteiger partial charge in [-0.25, -0.2) is 9.97 Å². The Kier molecular flexibility index (Phi) is 2.78. The van der Waals surface area contributed by atoms with E-state index in [-0.39, 0.29) is 0 Å². The number of aromatic nitrogens is 3. The van der Waals surface area contributed by atoms with Crippen molar-refractivity contribution in [2.75, 3.05) is 0 Å². The van der Waals surface area contributed by atoms with Gasteiger partial charge in [0.15, 0.2) is 0 Å². The van der Waals surface area contributed by atoms with Crippen LogP contribution < -0.4 is 4.74 Å². The predicted molar refractivity (Wildman–Crippen MR) is 107 cm³/mol. The van der Waals surface area contributed by atoms with Gasteiger partial charge in [0.2, 0.25) is 5.88 Å². The van der Waals surface area contributed by atoms with Gasteiger partial charge >= 0.3 is 0 Å². The van der Waals surface area contributed by atoms with E-state index in [9.17, 15) is 0 Å². The first-order chi connectivity index (χ1) is 13.3. The molecular weight excluding hydrogens is 334 g/mol. The number of aromatic amines is 1. The summed E-state index contributed by atoms with van der Waals surface area (Å²) in [6.45, 7) is 2.09. The summed E-state index contributed by atoms with van der Waals surface area (Å²) in [4.78, 5) is 13.3. The fourth-order valence-electron chi connectivity index (χ4n) is 3.84. The second-order valence-electron chi connectivity index (χ2n) is 6.89. The molecule has 0 bridgehead atoms. The van der Waals surface area contributed by atoms with E-state index in [4.69, 9.17) is 14.7 Å². The quantitative estimate of drug-likeness (QED) is 0.374. The minimum atomic E-state index is 0.544. The maximum absolute atomic E-state index is 6.26. The Morgan fingerprint density at radius 1 is 0.852 bits per heavy atom. The van der Waals surface area contributed by atoms with Crippen LogP contribution in [0.25, 0.3) is 44.5 Å². The van der Waals surface area contributed by atoms with Crippen molar-refractivity contribution in [3.05, 3.63) is 72.3 Å². The molecular formula is C23H15N3O. The maximum atomic E-state index is 6.26. The van der Waals surface area contributed by atoms with Gasteiger partial charge in [-0.2, -0.15) is 0 Å². The first-order valence-electron chi connectivity index (χ1n) is 8.95. The molecule has 0 fully saturated rings. The first-order valence-corrected chi connectivity index (χ1v) is 8.95. The van der Waals surface area contributed by atoms with Crippen LogP contribution >= 0.6 is 0 Å². The summed E-state index contributed by atoms with van der Waals surface area (Å²) >= 11 is 0. The molecule has 1 N–H and O–H groups in total. The molecule has 128 valence electrons. The summed E-state index contributed by atoms with van der Waals surface area (Å²) in [6.07, 6.45) is 0. The summed E-state index contributed by atoms with van der Waals surface area (Å²) in [6, 6.07) is 22.4. The van der Waals surface area contributed by atoms with Gasteiger partial charge < -0.3 is 9.72 Å². The van der Waals surface area contributed by atoms with Crippen LogP contribution in [0.3, 0.4) is 0 Å². The second kappa shape index (κ2) is 5.17. The lowest BCUT2D eigenvalue weighted by atomic mass is 10.0. The largest absolute Gasteiger partial charge is 0.436 e. The molecule has 4 nitrogen and oxygen atoms in total. The summed E-state index contributed by atoms with van der Waals surface area (Å²) < 4.78 is 6.26. The van der Waals surface area contributed by atoms with Gasteiger partial charge in [-0.3, -0.25) is 0 Å². The van der Waals surface area contributed by atoms with E-state index in [0.29, 0.717) is 5.88 Å². The lowest BCUT2D eigenvalue weighted by molar-refractivity contribution is 0.468. The van der Waals surface area contributed by atoms with Crippen LogP contribution in [0.4, 0.5) is 0 Å². The number of ether oxygens (including phenoxy) is 1. The van der Waals surface area contributed by atoms with Crippen LogP contribution in [0.15, 0.2) is 66.7 Å². The number of hydrogen-bond acceptors (Lipinski definition) is 3. The van der Waals surface area contributed by atoms with Crippen molar-refractivity contribution in [1.82, 2.24) is 15.0 Å². The average molecular weight is 349 g/mol. The third-order valence-electron chi connectivity index (χ3n) is 5.09. The fraction of sp³-hybridized carbons (Fsp3) is 0.0435. The molecule has 27 heavy (non-hydrogen) atoms. The second-order valence-corrected chi connectivity index (χ2v) is 6.89. The molecule has 4 heteroatoms. The molecule has 1 aliphatic heterocycles. The summed E-state index contributed by atoms with van der Waals surface area (Å²) in [7, 11) is 0. The molecule has 0 atom stereocenters. The van der Waals surface area contributed by atoms with Gasteiger partial charge in [-0.15, -0.1) is 0 Å². The van der Waals surface area contributed by atoms with E-state index in [1.54, 1.807) is 0 Å². The van der Waals surface area contributed by atoms with E-state index in [2.05, 4.69) is 36.2 Å². The lowest BCUT2D eigenvalue weighted by Gasteiger charge is -2.09. The smallest absolute Gasteiger partial charge is 0.246 e. The van der Waals surface area contributed by atoms with E-state index >= 15 is 0 Å². The normalized spacial score (nSPS) is 12.2. The van der Waals surface area contributed by atoms with Crippen LogP contribution in [0.5, 0.6) is 11.6 Å². The molecule has 3 heterocycles. The zero-order valence-corrected chi connectivity index (χ0v) is 14.7. The van der Waals surface area contributed by atoms with Crippen molar-refractivity contribution in [3.8, 4) is 34.1 Å². The van der Waals surface area contributed by atoms with Crippen LogP contribution in [0.2, 0.25) is 0 Å². The van der Waals surface area contributed by atoms with E-state index in [0.717, 1.165) is 50.2 Å². The number of aryl methyl sites for hydroxylation is 1. The van der Waals surface area contributed by atoms with Gasteiger partial charge in [0, 0.05) is 22.0 Å². The molecule has 0 saturated carbocycles. The molecule has 0 spiro atoms. The third kappa shape index (κ3) is 2.04. The number of hydrogen-bond donors (Lipinski definition) is 1. The molecule has 5 aromatic rings. The number of nitrogens with zero attached hydrogens (tertiary/aromatic N) is 2. The number of fused-ring (bicyclic) bond motifs is 8. The summed E-state index contributed by atoms with van der Waals surface area (Å²) in [5.41, 5.74) is 7.82. The summed E-state index contributed by atoms with van der Waals surface area (Å²) in [5, 5.41) is 1.12. The Bertz CT molecular complexity index is 1370. The Morgan fingerprint density at radius 3 is 2.52 bits per heavy atom. The van der Waals surface area contributed by atoms with Gasteiger partial charge in [0.25, 0.3) is 0 Å². The number of rotatable bonds is 0. The molecule has 2 aromatic heterocycles. The first kappa shape index (κ1) is 14.5. The average Bonchev–Trinajstić information content (AvgIpc) is 3.02.